The highest BCUT2D eigenvalue weighted by molar-refractivity contribution is 5.99. The second-order valence-electron chi connectivity index (χ2n) is 6.91. The van der Waals surface area contributed by atoms with Gasteiger partial charge in [-0.3, -0.25) is 4.79 Å². The normalized spacial score (nSPS) is 22.1. The highest BCUT2D eigenvalue weighted by Crippen LogP contribution is 2.36. The summed E-state index contributed by atoms with van der Waals surface area (Å²) in [4.78, 5) is 20.7. The molecule has 1 saturated carbocycles. The SMILES string of the molecule is CNC(=O)c1cnc(Nc2ccc(C)cn2)cc1N[C@@H]1CCC[C@]1(C)F. The van der Waals surface area contributed by atoms with Crippen LogP contribution in [0.3, 0.4) is 0 Å². The first-order valence-corrected chi connectivity index (χ1v) is 8.76. The van der Waals surface area contributed by atoms with Gasteiger partial charge in [-0.05, 0) is 44.7 Å². The topological polar surface area (TPSA) is 78.9 Å². The van der Waals surface area contributed by atoms with Crippen LogP contribution in [0.15, 0.2) is 30.6 Å². The quantitative estimate of drug-likeness (QED) is 0.762. The van der Waals surface area contributed by atoms with Gasteiger partial charge in [-0.25, -0.2) is 14.4 Å². The average molecular weight is 357 g/mol. The molecule has 1 amide bonds. The van der Waals surface area contributed by atoms with Crippen molar-refractivity contribution in [2.75, 3.05) is 17.7 Å². The summed E-state index contributed by atoms with van der Waals surface area (Å²) in [7, 11) is 1.56. The molecule has 2 aromatic heterocycles. The summed E-state index contributed by atoms with van der Waals surface area (Å²) >= 11 is 0. The molecule has 0 spiro atoms. The number of hydrogen-bond acceptors (Lipinski definition) is 5. The standard InChI is InChI=1S/C19H24FN5O/c1-12-6-7-16(22-10-12)25-17-9-14(13(11-23-17)18(26)21-3)24-15-5-4-8-19(15,2)20/h6-7,9-11,15H,4-5,8H2,1-3H3,(H,21,26)(H2,22,23,24,25)/t15-,19+/m1/s1. The first-order chi connectivity index (χ1) is 12.4. The molecule has 2 atom stereocenters. The molecule has 2 heterocycles. The van der Waals surface area contributed by atoms with Crippen LogP contribution >= 0.6 is 0 Å². The van der Waals surface area contributed by atoms with E-state index < -0.39 is 5.67 Å². The first kappa shape index (κ1) is 18.1. The number of rotatable bonds is 5. The highest BCUT2D eigenvalue weighted by atomic mass is 19.1. The highest BCUT2D eigenvalue weighted by Gasteiger charge is 2.39. The van der Waals surface area contributed by atoms with Crippen molar-refractivity contribution in [1.29, 1.82) is 0 Å². The Balaban J connectivity index is 1.88. The molecule has 0 bridgehead atoms. The molecule has 7 heteroatoms. The molecule has 0 saturated heterocycles. The smallest absolute Gasteiger partial charge is 0.254 e. The average Bonchev–Trinajstić information content (AvgIpc) is 2.95. The Morgan fingerprint density at radius 1 is 1.27 bits per heavy atom. The lowest BCUT2D eigenvalue weighted by molar-refractivity contribution is 0.0963. The van der Waals surface area contributed by atoms with E-state index in [-0.39, 0.29) is 11.9 Å². The van der Waals surface area contributed by atoms with E-state index in [0.29, 0.717) is 29.3 Å². The zero-order chi connectivity index (χ0) is 18.7. The van der Waals surface area contributed by atoms with E-state index in [1.807, 2.05) is 19.1 Å². The van der Waals surface area contributed by atoms with Gasteiger partial charge in [0.1, 0.15) is 17.3 Å². The fourth-order valence-corrected chi connectivity index (χ4v) is 3.17. The summed E-state index contributed by atoms with van der Waals surface area (Å²) < 4.78 is 14.7. The maximum Gasteiger partial charge on any atom is 0.254 e. The summed E-state index contributed by atoms with van der Waals surface area (Å²) in [6.07, 6.45) is 5.31. The monoisotopic (exact) mass is 357 g/mol. The van der Waals surface area contributed by atoms with E-state index in [4.69, 9.17) is 0 Å². The lowest BCUT2D eigenvalue weighted by Crippen LogP contribution is -2.36. The van der Waals surface area contributed by atoms with Crippen LogP contribution in [-0.4, -0.2) is 34.6 Å². The maximum absolute atomic E-state index is 14.7. The molecule has 0 radical (unpaired) electrons. The predicted octanol–water partition coefficient (Wildman–Crippen LogP) is 3.58. The maximum atomic E-state index is 14.7. The van der Waals surface area contributed by atoms with E-state index in [2.05, 4.69) is 25.9 Å². The van der Waals surface area contributed by atoms with Crippen molar-refractivity contribution in [1.82, 2.24) is 15.3 Å². The van der Waals surface area contributed by atoms with Crippen molar-refractivity contribution in [3.05, 3.63) is 41.7 Å². The van der Waals surface area contributed by atoms with Gasteiger partial charge in [0, 0.05) is 25.5 Å². The van der Waals surface area contributed by atoms with Crippen molar-refractivity contribution in [2.45, 2.75) is 44.8 Å². The molecule has 26 heavy (non-hydrogen) atoms. The minimum Gasteiger partial charge on any atom is -0.378 e. The van der Waals surface area contributed by atoms with Crippen LogP contribution in [-0.2, 0) is 0 Å². The van der Waals surface area contributed by atoms with Crippen molar-refractivity contribution < 1.29 is 9.18 Å². The molecule has 0 aliphatic heterocycles. The number of pyridine rings is 2. The van der Waals surface area contributed by atoms with Crippen molar-refractivity contribution in [3.63, 3.8) is 0 Å². The lowest BCUT2D eigenvalue weighted by Gasteiger charge is -2.26. The van der Waals surface area contributed by atoms with E-state index in [0.717, 1.165) is 18.4 Å². The molecular weight excluding hydrogens is 333 g/mol. The summed E-state index contributed by atoms with van der Waals surface area (Å²) in [6, 6.07) is 5.19. The van der Waals surface area contributed by atoms with Crippen LogP contribution in [0, 0.1) is 6.92 Å². The number of alkyl halides is 1. The second-order valence-corrected chi connectivity index (χ2v) is 6.91. The molecule has 6 nitrogen and oxygen atoms in total. The number of anilines is 3. The Bertz CT molecular complexity index is 791. The van der Waals surface area contributed by atoms with Gasteiger partial charge >= 0.3 is 0 Å². The minimum absolute atomic E-state index is 0.265. The molecule has 0 unspecified atom stereocenters. The molecule has 138 valence electrons. The Labute approximate surface area is 152 Å². The number of aromatic nitrogens is 2. The number of halogens is 1. The number of nitrogens with one attached hydrogen (secondary N) is 3. The summed E-state index contributed by atoms with van der Waals surface area (Å²) in [5, 5.41) is 8.92. The van der Waals surface area contributed by atoms with E-state index >= 15 is 0 Å². The van der Waals surface area contributed by atoms with Gasteiger partial charge in [0.05, 0.1) is 17.3 Å². The Morgan fingerprint density at radius 2 is 2.04 bits per heavy atom. The lowest BCUT2D eigenvalue weighted by atomic mass is 10.0. The third-order valence-corrected chi connectivity index (χ3v) is 4.76. The van der Waals surface area contributed by atoms with Crippen LogP contribution in [0.5, 0.6) is 0 Å². The number of carbonyl (C=O) groups excluding carboxylic acids is 1. The number of aryl methyl sites for hydroxylation is 1. The van der Waals surface area contributed by atoms with Crippen molar-refractivity contribution in [3.8, 4) is 0 Å². The summed E-state index contributed by atoms with van der Waals surface area (Å²) in [6.45, 7) is 3.57. The number of amides is 1. The fraction of sp³-hybridized carbons (Fsp3) is 0.421. The van der Waals surface area contributed by atoms with Crippen LogP contribution in [0.4, 0.5) is 21.7 Å². The predicted molar refractivity (Wildman–Crippen MR) is 101 cm³/mol. The first-order valence-electron chi connectivity index (χ1n) is 8.76. The number of nitrogens with zero attached hydrogens (tertiary/aromatic N) is 2. The zero-order valence-electron chi connectivity index (χ0n) is 15.3. The van der Waals surface area contributed by atoms with Crippen LogP contribution in [0.25, 0.3) is 0 Å². The van der Waals surface area contributed by atoms with Crippen LogP contribution in [0.1, 0.15) is 42.1 Å². The van der Waals surface area contributed by atoms with Gasteiger partial charge in [-0.2, -0.15) is 0 Å². The van der Waals surface area contributed by atoms with Gasteiger partial charge in [-0.1, -0.05) is 6.07 Å². The van der Waals surface area contributed by atoms with Crippen LogP contribution in [0.2, 0.25) is 0 Å². The Morgan fingerprint density at radius 3 is 2.65 bits per heavy atom. The summed E-state index contributed by atoms with van der Waals surface area (Å²) in [5.74, 6) is 0.923. The van der Waals surface area contributed by atoms with Gasteiger partial charge in [0.15, 0.2) is 0 Å². The largest absolute Gasteiger partial charge is 0.378 e. The van der Waals surface area contributed by atoms with Crippen molar-refractivity contribution in [2.24, 2.45) is 0 Å². The van der Waals surface area contributed by atoms with E-state index in [1.54, 1.807) is 26.2 Å². The molecule has 3 N–H and O–H groups in total. The third kappa shape index (κ3) is 3.92. The molecule has 2 aromatic rings. The Kier molecular flexibility index (Phi) is 5.06. The second kappa shape index (κ2) is 7.27. The molecule has 1 aliphatic rings. The van der Waals surface area contributed by atoms with Crippen LogP contribution < -0.4 is 16.0 Å². The minimum atomic E-state index is -1.30. The van der Waals surface area contributed by atoms with Gasteiger partial charge in [0.2, 0.25) is 0 Å². The van der Waals surface area contributed by atoms with E-state index in [1.165, 1.54) is 6.20 Å². The van der Waals surface area contributed by atoms with Gasteiger partial charge in [-0.15, -0.1) is 0 Å². The van der Waals surface area contributed by atoms with Crippen molar-refractivity contribution >= 4 is 23.2 Å². The van der Waals surface area contributed by atoms with E-state index in [9.17, 15) is 9.18 Å². The Hall–Kier alpha value is -2.70. The zero-order valence-corrected chi connectivity index (χ0v) is 15.3. The molecular formula is C19H24FN5O. The number of hydrogen-bond donors (Lipinski definition) is 3. The van der Waals surface area contributed by atoms with Gasteiger partial charge < -0.3 is 16.0 Å². The molecule has 1 fully saturated rings. The number of carbonyl (C=O) groups is 1. The summed E-state index contributed by atoms with van der Waals surface area (Å²) in [5.41, 5.74) is 0.710. The third-order valence-electron chi connectivity index (χ3n) is 4.76. The van der Waals surface area contributed by atoms with Gasteiger partial charge in [0.25, 0.3) is 5.91 Å². The fourth-order valence-electron chi connectivity index (χ4n) is 3.17. The molecule has 0 aromatic carbocycles. The molecule has 3 rings (SSSR count). The molecule has 1 aliphatic carbocycles.